The third kappa shape index (κ3) is 2.39. The lowest BCUT2D eigenvalue weighted by Crippen LogP contribution is -2.37. The first-order valence-corrected chi connectivity index (χ1v) is 8.36. The average Bonchev–Trinajstić information content (AvgIpc) is 3.17. The molecule has 122 valence electrons. The molecule has 1 saturated heterocycles. The average molecular weight is 315 g/mol. The molecule has 0 radical (unpaired) electrons. The zero-order valence-electron chi connectivity index (χ0n) is 13.1. The SMILES string of the molecule is NCC1CCN(CC2CN3c4c(ccc(F)c42)C=CC3C=O)C1. The zero-order valence-corrected chi connectivity index (χ0v) is 13.1. The number of hydrogen-bond acceptors (Lipinski definition) is 4. The van der Waals surface area contributed by atoms with Crippen LogP contribution in [0.1, 0.15) is 23.5 Å². The molecular formula is C18H22FN3O. The van der Waals surface area contributed by atoms with Crippen molar-refractivity contribution in [2.75, 3.05) is 37.6 Å². The number of nitrogens with zero attached hydrogens (tertiary/aromatic N) is 2. The van der Waals surface area contributed by atoms with Gasteiger partial charge in [0.25, 0.3) is 0 Å². The number of benzene rings is 1. The molecule has 3 aliphatic heterocycles. The summed E-state index contributed by atoms with van der Waals surface area (Å²) in [6.07, 6.45) is 5.91. The number of carbonyl (C=O) groups is 1. The minimum atomic E-state index is -0.275. The fourth-order valence-electron chi connectivity index (χ4n) is 4.29. The number of anilines is 1. The summed E-state index contributed by atoms with van der Waals surface area (Å²) in [5.74, 6) is 0.526. The Morgan fingerprint density at radius 3 is 2.96 bits per heavy atom. The molecule has 3 aliphatic rings. The summed E-state index contributed by atoms with van der Waals surface area (Å²) in [7, 11) is 0. The molecule has 1 aromatic rings. The van der Waals surface area contributed by atoms with Crippen LogP contribution in [0.25, 0.3) is 6.08 Å². The van der Waals surface area contributed by atoms with Gasteiger partial charge in [-0.15, -0.1) is 0 Å². The first-order chi connectivity index (χ1) is 11.2. The molecule has 3 heterocycles. The lowest BCUT2D eigenvalue weighted by atomic mass is 9.96. The van der Waals surface area contributed by atoms with Crippen LogP contribution in [0.15, 0.2) is 18.2 Å². The van der Waals surface area contributed by atoms with Crippen molar-refractivity contribution in [3.05, 3.63) is 35.2 Å². The lowest BCUT2D eigenvalue weighted by Gasteiger charge is -2.29. The lowest BCUT2D eigenvalue weighted by molar-refractivity contribution is -0.108. The Morgan fingerprint density at radius 2 is 2.22 bits per heavy atom. The molecule has 0 amide bonds. The highest BCUT2D eigenvalue weighted by Crippen LogP contribution is 2.44. The largest absolute Gasteiger partial charge is 0.357 e. The summed E-state index contributed by atoms with van der Waals surface area (Å²) >= 11 is 0. The van der Waals surface area contributed by atoms with E-state index in [1.165, 1.54) is 0 Å². The summed E-state index contributed by atoms with van der Waals surface area (Å²) in [6, 6.07) is 3.09. The Balaban J connectivity index is 1.63. The predicted octanol–water partition coefficient (Wildman–Crippen LogP) is 1.60. The molecule has 2 N–H and O–H groups in total. The fourth-order valence-corrected chi connectivity index (χ4v) is 4.29. The standard InChI is InChI=1S/C18H22FN3O/c19-16-4-2-13-1-3-15(11-23)22-10-14(17(16)18(13)22)9-21-6-5-12(7-20)8-21/h1-4,11-12,14-15H,5-10,20H2. The van der Waals surface area contributed by atoms with Gasteiger partial charge in [0.2, 0.25) is 0 Å². The molecule has 3 unspecified atom stereocenters. The van der Waals surface area contributed by atoms with Crippen LogP contribution in [-0.2, 0) is 4.79 Å². The molecule has 1 fully saturated rings. The van der Waals surface area contributed by atoms with Gasteiger partial charge in [0.1, 0.15) is 18.1 Å². The Labute approximate surface area is 135 Å². The number of carbonyl (C=O) groups excluding carboxylic acids is 1. The second-order valence-electron chi connectivity index (χ2n) is 6.88. The van der Waals surface area contributed by atoms with Crippen LogP contribution in [0, 0.1) is 11.7 Å². The van der Waals surface area contributed by atoms with Gasteiger partial charge in [0.05, 0.1) is 5.69 Å². The summed E-state index contributed by atoms with van der Waals surface area (Å²) in [5, 5.41) is 0. The summed E-state index contributed by atoms with van der Waals surface area (Å²) in [6.45, 7) is 4.30. The Bertz CT molecular complexity index is 660. The Kier molecular flexibility index (Phi) is 3.70. The van der Waals surface area contributed by atoms with Crippen LogP contribution < -0.4 is 10.6 Å². The van der Waals surface area contributed by atoms with Crippen molar-refractivity contribution in [1.82, 2.24) is 4.90 Å². The Hall–Kier alpha value is -1.72. The van der Waals surface area contributed by atoms with Gasteiger partial charge in [-0.3, -0.25) is 0 Å². The summed E-state index contributed by atoms with van der Waals surface area (Å²) < 4.78 is 14.5. The topological polar surface area (TPSA) is 49.6 Å². The first-order valence-electron chi connectivity index (χ1n) is 8.36. The molecule has 1 aromatic carbocycles. The van der Waals surface area contributed by atoms with E-state index in [0.29, 0.717) is 12.5 Å². The van der Waals surface area contributed by atoms with E-state index in [1.807, 2.05) is 12.2 Å². The van der Waals surface area contributed by atoms with E-state index in [0.717, 1.165) is 55.7 Å². The molecule has 0 bridgehead atoms. The summed E-state index contributed by atoms with van der Waals surface area (Å²) in [5.41, 5.74) is 8.50. The molecule has 23 heavy (non-hydrogen) atoms. The third-order valence-corrected chi connectivity index (χ3v) is 5.46. The van der Waals surface area contributed by atoms with Crippen LogP contribution in [0.3, 0.4) is 0 Å². The third-order valence-electron chi connectivity index (χ3n) is 5.46. The van der Waals surface area contributed by atoms with E-state index < -0.39 is 0 Å². The zero-order chi connectivity index (χ0) is 16.0. The molecular weight excluding hydrogens is 293 g/mol. The van der Waals surface area contributed by atoms with E-state index in [9.17, 15) is 9.18 Å². The van der Waals surface area contributed by atoms with Crippen molar-refractivity contribution in [1.29, 1.82) is 0 Å². The van der Waals surface area contributed by atoms with Crippen molar-refractivity contribution in [2.24, 2.45) is 11.7 Å². The van der Waals surface area contributed by atoms with Gasteiger partial charge in [-0.2, -0.15) is 0 Å². The highest BCUT2D eigenvalue weighted by molar-refractivity contribution is 5.84. The second kappa shape index (κ2) is 5.73. The van der Waals surface area contributed by atoms with Crippen LogP contribution >= 0.6 is 0 Å². The highest BCUT2D eigenvalue weighted by Gasteiger charge is 2.38. The van der Waals surface area contributed by atoms with Gasteiger partial charge < -0.3 is 20.3 Å². The molecule has 5 heteroatoms. The van der Waals surface area contributed by atoms with Crippen molar-refractivity contribution < 1.29 is 9.18 Å². The Morgan fingerprint density at radius 1 is 1.35 bits per heavy atom. The number of hydrogen-bond donors (Lipinski definition) is 1. The quantitative estimate of drug-likeness (QED) is 0.858. The predicted molar refractivity (Wildman–Crippen MR) is 89.0 cm³/mol. The van der Waals surface area contributed by atoms with Gasteiger partial charge in [-0.1, -0.05) is 12.2 Å². The molecule has 4 rings (SSSR count). The van der Waals surface area contributed by atoms with Crippen molar-refractivity contribution >= 4 is 18.0 Å². The van der Waals surface area contributed by atoms with Gasteiger partial charge in [0.15, 0.2) is 0 Å². The van der Waals surface area contributed by atoms with E-state index in [-0.39, 0.29) is 17.8 Å². The van der Waals surface area contributed by atoms with Gasteiger partial charge >= 0.3 is 0 Å². The van der Waals surface area contributed by atoms with E-state index >= 15 is 0 Å². The first kappa shape index (κ1) is 14.8. The van der Waals surface area contributed by atoms with Crippen molar-refractivity contribution in [3.63, 3.8) is 0 Å². The van der Waals surface area contributed by atoms with Gasteiger partial charge in [-0.25, -0.2) is 4.39 Å². The number of nitrogens with two attached hydrogens (primary N) is 1. The van der Waals surface area contributed by atoms with Crippen LogP contribution in [0.2, 0.25) is 0 Å². The number of rotatable bonds is 4. The summed E-state index contributed by atoms with van der Waals surface area (Å²) in [4.78, 5) is 15.8. The monoisotopic (exact) mass is 315 g/mol. The molecule has 0 saturated carbocycles. The minimum absolute atomic E-state index is 0.115. The second-order valence-corrected chi connectivity index (χ2v) is 6.88. The molecule has 0 spiro atoms. The maximum atomic E-state index is 14.5. The fraction of sp³-hybridized carbons (Fsp3) is 0.500. The maximum absolute atomic E-state index is 14.5. The highest BCUT2D eigenvalue weighted by atomic mass is 19.1. The molecule has 0 aliphatic carbocycles. The smallest absolute Gasteiger partial charge is 0.146 e. The van der Waals surface area contributed by atoms with Crippen LogP contribution in [0.4, 0.5) is 10.1 Å². The normalized spacial score (nSPS) is 29.1. The van der Waals surface area contributed by atoms with Crippen LogP contribution in [-0.4, -0.2) is 50.0 Å². The van der Waals surface area contributed by atoms with Gasteiger partial charge in [-0.05, 0) is 43.1 Å². The van der Waals surface area contributed by atoms with E-state index in [2.05, 4.69) is 9.80 Å². The molecule has 0 aromatic heterocycles. The number of aldehydes is 1. The van der Waals surface area contributed by atoms with Crippen molar-refractivity contribution in [2.45, 2.75) is 18.4 Å². The molecule has 4 nitrogen and oxygen atoms in total. The van der Waals surface area contributed by atoms with E-state index in [1.54, 1.807) is 12.1 Å². The number of likely N-dealkylation sites (tertiary alicyclic amines) is 1. The van der Waals surface area contributed by atoms with Crippen molar-refractivity contribution in [3.8, 4) is 0 Å². The minimum Gasteiger partial charge on any atom is -0.357 e. The van der Waals surface area contributed by atoms with Crippen LogP contribution in [0.5, 0.6) is 0 Å². The number of halogens is 1. The maximum Gasteiger partial charge on any atom is 0.146 e. The molecule has 3 atom stereocenters. The van der Waals surface area contributed by atoms with E-state index in [4.69, 9.17) is 5.73 Å². The van der Waals surface area contributed by atoms with Gasteiger partial charge in [0, 0.05) is 31.1 Å².